The monoisotopic (exact) mass is 596 g/mol. The molecule has 0 bridgehead atoms. The summed E-state index contributed by atoms with van der Waals surface area (Å²) >= 11 is 0. The van der Waals surface area contributed by atoms with Crippen molar-refractivity contribution in [2.24, 2.45) is 7.05 Å². The molecule has 3 amide bonds. The molecule has 1 spiro atoms. The lowest BCUT2D eigenvalue weighted by molar-refractivity contribution is -0.127. The van der Waals surface area contributed by atoms with Crippen molar-refractivity contribution in [2.45, 2.75) is 48.3 Å². The first-order valence-electron chi connectivity index (χ1n) is 13.7. The Balaban J connectivity index is 1.29. The number of aliphatic hydroxyl groups excluding tert-OH is 1. The van der Waals surface area contributed by atoms with Crippen LogP contribution in [-0.2, 0) is 21.9 Å². The Labute approximate surface area is 242 Å². The third-order valence-electron chi connectivity index (χ3n) is 8.18. The number of amides is 3. The van der Waals surface area contributed by atoms with Crippen LogP contribution >= 0.6 is 0 Å². The van der Waals surface area contributed by atoms with Crippen LogP contribution in [0, 0.1) is 0 Å². The number of nitrogens with zero attached hydrogens (tertiary/aromatic N) is 6. The van der Waals surface area contributed by atoms with Crippen molar-refractivity contribution >= 4 is 27.6 Å². The Morgan fingerprint density at radius 1 is 1.21 bits per heavy atom. The number of anilines is 1. The van der Waals surface area contributed by atoms with Gasteiger partial charge in [-0.15, -0.1) is 0 Å². The van der Waals surface area contributed by atoms with Gasteiger partial charge in [0.25, 0.3) is 0 Å². The van der Waals surface area contributed by atoms with Crippen LogP contribution in [0.15, 0.2) is 53.9 Å². The lowest BCUT2D eigenvalue weighted by Gasteiger charge is -2.43. The molecule has 0 aliphatic carbocycles. The van der Waals surface area contributed by atoms with Gasteiger partial charge in [-0.1, -0.05) is 0 Å². The van der Waals surface area contributed by atoms with Crippen LogP contribution in [0.2, 0.25) is 0 Å². The molecule has 0 saturated carbocycles. The van der Waals surface area contributed by atoms with Gasteiger partial charge in [-0.3, -0.25) is 9.78 Å². The van der Waals surface area contributed by atoms with E-state index in [4.69, 9.17) is 4.74 Å². The topological polar surface area (TPSA) is 172 Å². The van der Waals surface area contributed by atoms with Crippen LogP contribution in [-0.4, -0.2) is 98.3 Å². The number of likely N-dealkylation sites (tertiary alicyclic amines) is 1. The van der Waals surface area contributed by atoms with Gasteiger partial charge in [-0.05, 0) is 43.2 Å². The number of hydrogen-bond acceptors (Lipinski definition) is 9. The number of aliphatic hydroxyl groups is 1. The fraction of sp³-hybridized carbons (Fsp3) is 0.444. The van der Waals surface area contributed by atoms with Crippen molar-refractivity contribution in [1.82, 2.24) is 34.3 Å². The van der Waals surface area contributed by atoms with Crippen LogP contribution in [0.3, 0.4) is 0 Å². The van der Waals surface area contributed by atoms with Gasteiger partial charge in [-0.25, -0.2) is 22.9 Å². The number of ether oxygens (including phenoxy) is 1. The highest BCUT2D eigenvalue weighted by molar-refractivity contribution is 7.89. The number of piperidine rings is 1. The zero-order chi connectivity index (χ0) is 29.5. The van der Waals surface area contributed by atoms with Gasteiger partial charge in [0.2, 0.25) is 15.9 Å². The highest BCUT2D eigenvalue weighted by atomic mass is 32.2. The molecule has 42 heavy (non-hydrogen) atoms. The third kappa shape index (κ3) is 5.30. The van der Waals surface area contributed by atoms with Crippen LogP contribution in [0.4, 0.5) is 10.5 Å². The number of hydrogen-bond donors (Lipinski definition) is 3. The second-order valence-corrected chi connectivity index (χ2v) is 12.7. The van der Waals surface area contributed by atoms with Crippen molar-refractivity contribution in [3.05, 3.63) is 49.1 Å². The van der Waals surface area contributed by atoms with E-state index in [0.717, 1.165) is 4.31 Å². The summed E-state index contributed by atoms with van der Waals surface area (Å²) in [4.78, 5) is 36.4. The van der Waals surface area contributed by atoms with E-state index < -0.39 is 33.6 Å². The van der Waals surface area contributed by atoms with Gasteiger partial charge in [0.15, 0.2) is 5.82 Å². The fourth-order valence-corrected chi connectivity index (χ4v) is 7.61. The van der Waals surface area contributed by atoms with E-state index in [1.807, 2.05) is 0 Å². The maximum absolute atomic E-state index is 13.9. The summed E-state index contributed by atoms with van der Waals surface area (Å²) in [5, 5.41) is 20.5. The predicted molar refractivity (Wildman–Crippen MR) is 150 cm³/mol. The van der Waals surface area contributed by atoms with E-state index in [0.29, 0.717) is 49.4 Å². The Hall–Kier alpha value is -4.08. The molecule has 14 nitrogen and oxygen atoms in total. The summed E-state index contributed by atoms with van der Waals surface area (Å²) in [6.07, 6.45) is 4.85. The number of fused-ring (bicyclic) bond motifs is 2. The van der Waals surface area contributed by atoms with Gasteiger partial charge in [0.05, 0.1) is 24.6 Å². The fourth-order valence-electron chi connectivity index (χ4n) is 5.86. The Kier molecular flexibility index (Phi) is 7.32. The van der Waals surface area contributed by atoms with Crippen molar-refractivity contribution in [2.75, 3.05) is 31.6 Å². The molecule has 2 fully saturated rings. The zero-order valence-corrected chi connectivity index (χ0v) is 23.8. The Morgan fingerprint density at radius 3 is 2.74 bits per heavy atom. The molecule has 3 aromatic rings. The van der Waals surface area contributed by atoms with Crippen molar-refractivity contribution < 1.29 is 27.9 Å². The zero-order valence-electron chi connectivity index (χ0n) is 23.0. The molecule has 0 unspecified atom stereocenters. The van der Waals surface area contributed by atoms with E-state index in [9.17, 15) is 23.1 Å². The van der Waals surface area contributed by atoms with Crippen LogP contribution in [0.1, 0.15) is 25.7 Å². The Morgan fingerprint density at radius 2 is 2.02 bits per heavy atom. The summed E-state index contributed by atoms with van der Waals surface area (Å²) in [5.41, 5.74) is 0.463. The van der Waals surface area contributed by atoms with Gasteiger partial charge in [-0.2, -0.15) is 9.40 Å². The number of rotatable bonds is 2. The summed E-state index contributed by atoms with van der Waals surface area (Å²) in [5.74, 6) is 0.198. The normalized spacial score (nSPS) is 23.7. The molecule has 2 saturated heterocycles. The molecule has 3 aliphatic rings. The molecular weight excluding hydrogens is 564 g/mol. The van der Waals surface area contributed by atoms with Crippen molar-refractivity contribution in [1.29, 1.82) is 0 Å². The predicted octanol–water partition coefficient (Wildman–Crippen LogP) is 0.966. The smallest absolute Gasteiger partial charge is 0.321 e. The summed E-state index contributed by atoms with van der Waals surface area (Å²) in [6.45, 7) is 0.656. The van der Waals surface area contributed by atoms with Gasteiger partial charge < -0.3 is 25.4 Å². The first kappa shape index (κ1) is 28.1. The summed E-state index contributed by atoms with van der Waals surface area (Å²) in [6, 6.07) is 6.82. The van der Waals surface area contributed by atoms with E-state index >= 15 is 0 Å². The Bertz CT molecular complexity index is 1590. The van der Waals surface area contributed by atoms with Crippen LogP contribution in [0.5, 0.6) is 5.75 Å². The molecule has 2 aromatic heterocycles. The average molecular weight is 597 g/mol. The quantitative estimate of drug-likeness (QED) is 0.390. The highest BCUT2D eigenvalue weighted by Crippen LogP contribution is 2.37. The number of urea groups is 1. The largest absolute Gasteiger partial charge is 0.492 e. The summed E-state index contributed by atoms with van der Waals surface area (Å²) < 4.78 is 36.6. The highest BCUT2D eigenvalue weighted by Gasteiger charge is 2.47. The first-order chi connectivity index (χ1) is 20.1. The second kappa shape index (κ2) is 11.0. The maximum atomic E-state index is 13.9. The number of carbonyl (C=O) groups excluding carboxylic acids is 2. The molecule has 0 radical (unpaired) electrons. The molecule has 15 heteroatoms. The minimum atomic E-state index is -4.21. The maximum Gasteiger partial charge on any atom is 0.321 e. The molecule has 222 valence electrons. The van der Waals surface area contributed by atoms with Crippen LogP contribution < -0.4 is 15.4 Å². The van der Waals surface area contributed by atoms with E-state index in [1.165, 1.54) is 12.4 Å². The van der Waals surface area contributed by atoms with Gasteiger partial charge in [0, 0.05) is 56.8 Å². The molecule has 2 atom stereocenters. The van der Waals surface area contributed by atoms with Gasteiger partial charge >= 0.3 is 6.03 Å². The number of carbonyl (C=O) groups is 2. The van der Waals surface area contributed by atoms with Crippen molar-refractivity contribution in [3.63, 3.8) is 0 Å². The summed E-state index contributed by atoms with van der Waals surface area (Å²) in [7, 11) is -2.48. The number of sulfonamides is 1. The lowest BCUT2D eigenvalue weighted by atomic mass is 9.84. The van der Waals surface area contributed by atoms with Crippen molar-refractivity contribution in [3.8, 4) is 17.1 Å². The van der Waals surface area contributed by atoms with E-state index in [-0.39, 0.29) is 36.2 Å². The second-order valence-electron chi connectivity index (χ2n) is 10.9. The number of pyridine rings is 1. The number of benzene rings is 1. The van der Waals surface area contributed by atoms with E-state index in [2.05, 4.69) is 25.7 Å². The molecule has 3 N–H and O–H groups in total. The van der Waals surface area contributed by atoms with Crippen LogP contribution in [0.25, 0.3) is 11.4 Å². The SMILES string of the molecule is Cn1ncnc1-c1ccc2c(c1)OCCC1(CCN(C(=O)Nc3cccnc3)CC1)NC(=O)[C@@H]1C[C@@H](O)CN1S2(=O)=O. The number of aromatic nitrogens is 4. The molecule has 5 heterocycles. The average Bonchev–Trinajstić information content (AvgIpc) is 3.59. The molecule has 1 aromatic carbocycles. The first-order valence-corrected chi connectivity index (χ1v) is 15.2. The molecule has 3 aliphatic heterocycles. The van der Waals surface area contributed by atoms with Gasteiger partial charge in [0.1, 0.15) is 23.0 Å². The molecule has 6 rings (SSSR count). The van der Waals surface area contributed by atoms with E-state index in [1.54, 1.807) is 53.3 Å². The standard InChI is InChI=1S/C27H32N8O6S/c1-33-24(29-17-30-33)18-4-5-23-22(13-18)41-12-8-27(32-25(37)21-14-20(36)16-35(21)42(23,39)40)6-10-34(11-7-27)26(38)31-19-3-2-9-28-15-19/h2-5,9,13,15,17,20-21,36H,6-8,10-12,14,16H2,1H3,(H,31,38)(H,32,37)/t20-,21+/m1/s1. The number of nitrogens with one attached hydrogen (secondary N) is 2. The lowest BCUT2D eigenvalue weighted by Crippen LogP contribution is -2.60. The minimum absolute atomic E-state index is 0.0198. The minimum Gasteiger partial charge on any atom is -0.492 e. The third-order valence-corrected chi connectivity index (χ3v) is 10.1. The number of aryl methyl sites for hydroxylation is 1. The molecular formula is C27H32N8O6S.